The molecule has 28 heavy (non-hydrogen) atoms. The Hall–Kier alpha value is -2.15. The van der Waals surface area contributed by atoms with Gasteiger partial charge < -0.3 is 20.5 Å². The van der Waals surface area contributed by atoms with E-state index in [4.69, 9.17) is 4.74 Å². The fraction of sp³-hybridized carbons (Fsp3) is 0.619. The lowest BCUT2D eigenvalue weighted by Gasteiger charge is -2.36. The van der Waals surface area contributed by atoms with E-state index in [1.807, 2.05) is 0 Å². The molecule has 7 heteroatoms. The molecule has 1 saturated heterocycles. The molecule has 3 N–H and O–H groups in total. The molecule has 0 spiro atoms. The molecule has 1 heterocycles. The van der Waals surface area contributed by atoms with Gasteiger partial charge in [0.2, 0.25) is 5.91 Å². The molecule has 3 atom stereocenters. The summed E-state index contributed by atoms with van der Waals surface area (Å²) in [4.78, 5) is 24.6. The molecule has 1 amide bonds. The lowest BCUT2D eigenvalue weighted by atomic mass is 9.68. The first kappa shape index (κ1) is 19.2. The Labute approximate surface area is 163 Å². The van der Waals surface area contributed by atoms with E-state index in [1.54, 1.807) is 12.1 Å². The van der Waals surface area contributed by atoms with Crippen LogP contribution in [-0.4, -0.2) is 36.2 Å². The van der Waals surface area contributed by atoms with Crippen molar-refractivity contribution in [1.29, 1.82) is 0 Å². The number of halogens is 1. The zero-order chi connectivity index (χ0) is 19.8. The van der Waals surface area contributed by atoms with Gasteiger partial charge in [-0.2, -0.15) is 0 Å². The Morgan fingerprint density at radius 1 is 1.18 bits per heavy atom. The third kappa shape index (κ3) is 3.48. The number of hydrogen-bond acceptors (Lipinski definition) is 4. The maximum atomic E-state index is 14.4. The van der Waals surface area contributed by atoms with Crippen LogP contribution < -0.4 is 10.6 Å². The Balaban J connectivity index is 1.40. The molecule has 4 rings (SSSR count). The highest BCUT2D eigenvalue weighted by atomic mass is 19.1. The van der Waals surface area contributed by atoms with Crippen molar-refractivity contribution in [2.24, 2.45) is 10.8 Å². The van der Waals surface area contributed by atoms with Crippen LogP contribution in [0.15, 0.2) is 18.2 Å². The van der Waals surface area contributed by atoms with Crippen LogP contribution >= 0.6 is 0 Å². The summed E-state index contributed by atoms with van der Waals surface area (Å²) in [6, 6.07) is 4.61. The minimum absolute atomic E-state index is 0.112. The van der Waals surface area contributed by atoms with Crippen LogP contribution in [0.1, 0.15) is 51.4 Å². The quantitative estimate of drug-likeness (QED) is 0.688. The van der Waals surface area contributed by atoms with Gasteiger partial charge in [0.25, 0.3) is 0 Å². The lowest BCUT2D eigenvalue weighted by Crippen LogP contribution is -2.40. The maximum absolute atomic E-state index is 14.4. The number of ether oxygens (including phenoxy) is 1. The molecular weight excluding hydrogens is 363 g/mol. The SMILES string of the molecule is O=C(O)C12CCCC(C(=O)Nc3ccc(NCC4CCCO4)c(F)c3)(CC1)C2. The molecule has 2 bridgehead atoms. The van der Waals surface area contributed by atoms with Crippen molar-refractivity contribution in [2.75, 3.05) is 23.8 Å². The summed E-state index contributed by atoms with van der Waals surface area (Å²) in [5.74, 6) is -1.41. The molecule has 0 aromatic heterocycles. The fourth-order valence-corrected chi connectivity index (χ4v) is 5.12. The zero-order valence-corrected chi connectivity index (χ0v) is 15.9. The third-order valence-electron chi connectivity index (χ3n) is 6.78. The van der Waals surface area contributed by atoms with E-state index < -0.39 is 22.6 Å². The first-order valence-electron chi connectivity index (χ1n) is 10.1. The van der Waals surface area contributed by atoms with E-state index in [2.05, 4.69) is 10.6 Å². The predicted octanol–water partition coefficient (Wildman–Crippen LogP) is 3.78. The minimum atomic E-state index is -0.797. The van der Waals surface area contributed by atoms with Gasteiger partial charge in [-0.3, -0.25) is 9.59 Å². The van der Waals surface area contributed by atoms with Gasteiger partial charge in [0, 0.05) is 18.8 Å². The topological polar surface area (TPSA) is 87.7 Å². The largest absolute Gasteiger partial charge is 0.481 e. The van der Waals surface area contributed by atoms with Gasteiger partial charge in [0.05, 0.1) is 22.6 Å². The monoisotopic (exact) mass is 390 g/mol. The number of carbonyl (C=O) groups is 2. The van der Waals surface area contributed by atoms with Crippen molar-refractivity contribution >= 4 is 23.3 Å². The fourth-order valence-electron chi connectivity index (χ4n) is 5.12. The molecule has 2 saturated carbocycles. The number of carboxylic acids is 1. The normalized spacial score (nSPS) is 31.5. The highest BCUT2D eigenvalue weighted by Gasteiger charge is 2.58. The van der Waals surface area contributed by atoms with Gasteiger partial charge in [-0.25, -0.2) is 4.39 Å². The summed E-state index contributed by atoms with van der Waals surface area (Å²) in [7, 11) is 0. The van der Waals surface area contributed by atoms with Crippen molar-refractivity contribution in [3.05, 3.63) is 24.0 Å². The van der Waals surface area contributed by atoms with Gasteiger partial charge in [-0.15, -0.1) is 0 Å². The van der Waals surface area contributed by atoms with E-state index in [0.717, 1.165) is 25.9 Å². The summed E-state index contributed by atoms with van der Waals surface area (Å²) in [5.41, 5.74) is -0.631. The van der Waals surface area contributed by atoms with Crippen molar-refractivity contribution in [2.45, 2.75) is 57.5 Å². The molecule has 152 valence electrons. The minimum Gasteiger partial charge on any atom is -0.481 e. The highest BCUT2D eigenvalue weighted by molar-refractivity contribution is 5.96. The van der Waals surface area contributed by atoms with Crippen LogP contribution in [-0.2, 0) is 14.3 Å². The molecule has 6 nitrogen and oxygen atoms in total. The van der Waals surface area contributed by atoms with Crippen molar-refractivity contribution in [3.63, 3.8) is 0 Å². The number of rotatable bonds is 6. The third-order valence-corrected chi connectivity index (χ3v) is 6.78. The molecule has 1 aromatic carbocycles. The summed E-state index contributed by atoms with van der Waals surface area (Å²) in [6.07, 6.45) is 5.68. The number of fused-ring (bicyclic) bond motifs is 2. The van der Waals surface area contributed by atoms with Crippen LogP contribution in [0.5, 0.6) is 0 Å². The van der Waals surface area contributed by atoms with Crippen molar-refractivity contribution in [3.8, 4) is 0 Å². The second-order valence-electron chi connectivity index (χ2n) is 8.56. The van der Waals surface area contributed by atoms with E-state index in [0.29, 0.717) is 50.0 Å². The van der Waals surface area contributed by atoms with Gasteiger partial charge >= 0.3 is 5.97 Å². The molecule has 0 radical (unpaired) electrons. The van der Waals surface area contributed by atoms with Gasteiger partial charge in [0.15, 0.2) is 0 Å². The maximum Gasteiger partial charge on any atom is 0.309 e. The number of benzene rings is 1. The van der Waals surface area contributed by atoms with Gasteiger partial charge in [-0.05, 0) is 63.1 Å². The predicted molar refractivity (Wildman–Crippen MR) is 103 cm³/mol. The van der Waals surface area contributed by atoms with E-state index in [-0.39, 0.29) is 12.0 Å². The summed E-state index contributed by atoms with van der Waals surface area (Å²) >= 11 is 0. The van der Waals surface area contributed by atoms with Crippen LogP contribution in [0.2, 0.25) is 0 Å². The smallest absolute Gasteiger partial charge is 0.309 e. The zero-order valence-electron chi connectivity index (χ0n) is 15.9. The van der Waals surface area contributed by atoms with Crippen LogP contribution in [0.4, 0.5) is 15.8 Å². The summed E-state index contributed by atoms with van der Waals surface area (Å²) in [6.45, 7) is 1.31. The summed E-state index contributed by atoms with van der Waals surface area (Å²) < 4.78 is 20.0. The number of nitrogens with one attached hydrogen (secondary N) is 2. The molecule has 2 aliphatic carbocycles. The summed E-state index contributed by atoms with van der Waals surface area (Å²) in [5, 5.41) is 15.5. The van der Waals surface area contributed by atoms with Crippen LogP contribution in [0.3, 0.4) is 0 Å². The van der Waals surface area contributed by atoms with Crippen molar-refractivity contribution in [1.82, 2.24) is 0 Å². The van der Waals surface area contributed by atoms with E-state index in [9.17, 15) is 19.1 Å². The number of carbonyl (C=O) groups excluding carboxylic acids is 1. The Morgan fingerprint density at radius 3 is 2.68 bits per heavy atom. The number of anilines is 2. The average molecular weight is 390 g/mol. The first-order valence-corrected chi connectivity index (χ1v) is 10.1. The van der Waals surface area contributed by atoms with Gasteiger partial charge in [-0.1, -0.05) is 6.42 Å². The number of aliphatic carboxylic acids is 1. The van der Waals surface area contributed by atoms with Crippen LogP contribution in [0.25, 0.3) is 0 Å². The molecule has 1 aliphatic heterocycles. The molecular formula is C21H27FN2O4. The first-order chi connectivity index (χ1) is 13.4. The average Bonchev–Trinajstić information content (AvgIpc) is 3.28. The molecule has 3 aliphatic rings. The highest BCUT2D eigenvalue weighted by Crippen LogP contribution is 2.59. The van der Waals surface area contributed by atoms with Gasteiger partial charge in [0.1, 0.15) is 5.82 Å². The standard InChI is InChI=1S/C21H27FN2O4/c22-16-11-14(4-5-17(16)23-12-15-3-1-10-28-15)24-18(25)20-6-2-7-21(13-20,9-8-20)19(26)27/h4-5,11,15,23H,1-3,6-10,12-13H2,(H,24,25)(H,26,27). The Bertz CT molecular complexity index is 780. The Morgan fingerprint density at radius 2 is 1.96 bits per heavy atom. The number of amides is 1. The van der Waals surface area contributed by atoms with Crippen molar-refractivity contribution < 1.29 is 23.8 Å². The number of carboxylic acid groups (broad SMARTS) is 1. The molecule has 1 aromatic rings. The molecule has 3 fully saturated rings. The Kier molecular flexibility index (Phi) is 5.04. The molecule has 3 unspecified atom stereocenters. The second-order valence-corrected chi connectivity index (χ2v) is 8.56. The number of hydrogen-bond donors (Lipinski definition) is 3. The second kappa shape index (κ2) is 7.35. The lowest BCUT2D eigenvalue weighted by molar-refractivity contribution is -0.151. The van der Waals surface area contributed by atoms with Crippen LogP contribution in [0, 0.1) is 16.6 Å². The van der Waals surface area contributed by atoms with E-state index in [1.165, 1.54) is 6.07 Å². The van der Waals surface area contributed by atoms with E-state index >= 15 is 0 Å².